The lowest BCUT2D eigenvalue weighted by molar-refractivity contribution is 0.0601. The Labute approximate surface area is 155 Å². The Bertz CT molecular complexity index is 1020. The summed E-state index contributed by atoms with van der Waals surface area (Å²) in [5.41, 5.74) is 1.71. The second kappa shape index (κ2) is 7.69. The molecule has 0 bridgehead atoms. The smallest absolute Gasteiger partial charge is 0.340 e. The van der Waals surface area contributed by atoms with E-state index in [4.69, 9.17) is 14.2 Å². The zero-order valence-electron chi connectivity index (χ0n) is 15.0. The minimum Gasteiger partial charge on any atom is -0.493 e. The maximum atomic E-state index is 12.6. The number of esters is 1. The van der Waals surface area contributed by atoms with Crippen molar-refractivity contribution in [3.05, 3.63) is 53.9 Å². The predicted molar refractivity (Wildman–Crippen MR) is 98.4 cm³/mol. The van der Waals surface area contributed by atoms with Crippen LogP contribution in [-0.2, 0) is 4.74 Å². The Kier molecular flexibility index (Phi) is 5.16. The number of nitrogens with zero attached hydrogens (tertiary/aromatic N) is 2. The second-order valence-electron chi connectivity index (χ2n) is 5.44. The number of para-hydroxylation sites is 2. The molecule has 0 aliphatic carbocycles. The number of hydrogen-bond donors (Lipinski definition) is 1. The molecule has 8 nitrogen and oxygen atoms in total. The fourth-order valence-electron chi connectivity index (χ4n) is 2.51. The van der Waals surface area contributed by atoms with Gasteiger partial charge in [-0.3, -0.25) is 9.78 Å². The number of rotatable bonds is 5. The molecule has 0 atom stereocenters. The molecular formula is C19H17N3O5. The van der Waals surface area contributed by atoms with Gasteiger partial charge in [0.25, 0.3) is 5.91 Å². The third-order valence-corrected chi connectivity index (χ3v) is 3.86. The number of nitrogens with one attached hydrogen (secondary N) is 1. The van der Waals surface area contributed by atoms with E-state index in [1.165, 1.54) is 39.7 Å². The van der Waals surface area contributed by atoms with Crippen molar-refractivity contribution >= 4 is 28.6 Å². The van der Waals surface area contributed by atoms with Gasteiger partial charge in [0.2, 0.25) is 0 Å². The SMILES string of the molecule is COC(=O)c1cc(OC)c(OC)cc1NC(=O)c1cnc2ccccc2n1. The number of ether oxygens (including phenoxy) is 3. The Hall–Kier alpha value is -3.68. The Morgan fingerprint density at radius 2 is 1.63 bits per heavy atom. The van der Waals surface area contributed by atoms with E-state index < -0.39 is 11.9 Å². The molecule has 1 aromatic heterocycles. The van der Waals surface area contributed by atoms with Crippen molar-refractivity contribution in [3.8, 4) is 11.5 Å². The van der Waals surface area contributed by atoms with Gasteiger partial charge in [0, 0.05) is 12.1 Å². The van der Waals surface area contributed by atoms with Gasteiger partial charge in [-0.05, 0) is 12.1 Å². The first-order valence-electron chi connectivity index (χ1n) is 7.95. The number of benzene rings is 2. The molecule has 3 aromatic rings. The molecule has 0 unspecified atom stereocenters. The third-order valence-electron chi connectivity index (χ3n) is 3.86. The van der Waals surface area contributed by atoms with Gasteiger partial charge in [0.1, 0.15) is 5.69 Å². The quantitative estimate of drug-likeness (QED) is 0.692. The fraction of sp³-hybridized carbons (Fsp3) is 0.158. The highest BCUT2D eigenvalue weighted by Crippen LogP contribution is 2.34. The number of amides is 1. The molecule has 138 valence electrons. The number of fused-ring (bicyclic) bond motifs is 1. The number of carbonyl (C=O) groups is 2. The first kappa shape index (κ1) is 18.1. The highest BCUT2D eigenvalue weighted by molar-refractivity contribution is 6.08. The number of carbonyl (C=O) groups excluding carboxylic acids is 2. The zero-order chi connectivity index (χ0) is 19.4. The van der Waals surface area contributed by atoms with Crippen molar-refractivity contribution in [1.82, 2.24) is 9.97 Å². The normalized spacial score (nSPS) is 10.3. The Morgan fingerprint density at radius 3 is 2.30 bits per heavy atom. The summed E-state index contributed by atoms with van der Waals surface area (Å²) in [5, 5.41) is 2.65. The van der Waals surface area contributed by atoms with Gasteiger partial charge in [-0.2, -0.15) is 0 Å². The van der Waals surface area contributed by atoms with Gasteiger partial charge >= 0.3 is 5.97 Å². The summed E-state index contributed by atoms with van der Waals surface area (Å²) in [4.78, 5) is 33.2. The summed E-state index contributed by atoms with van der Waals surface area (Å²) in [7, 11) is 4.15. The monoisotopic (exact) mass is 367 g/mol. The van der Waals surface area contributed by atoms with E-state index in [0.29, 0.717) is 22.5 Å². The lowest BCUT2D eigenvalue weighted by atomic mass is 10.1. The predicted octanol–water partition coefficient (Wildman–Crippen LogP) is 2.69. The average molecular weight is 367 g/mol. The largest absolute Gasteiger partial charge is 0.493 e. The van der Waals surface area contributed by atoms with Crippen molar-refractivity contribution in [2.45, 2.75) is 0 Å². The summed E-state index contributed by atoms with van der Waals surface area (Å²) in [5.74, 6) is -0.465. The molecule has 0 saturated carbocycles. The van der Waals surface area contributed by atoms with E-state index in [0.717, 1.165) is 0 Å². The van der Waals surface area contributed by atoms with Crippen molar-refractivity contribution in [2.75, 3.05) is 26.6 Å². The van der Waals surface area contributed by atoms with Crippen LogP contribution in [0.15, 0.2) is 42.6 Å². The van der Waals surface area contributed by atoms with Gasteiger partial charge in [-0.15, -0.1) is 0 Å². The van der Waals surface area contributed by atoms with E-state index in [2.05, 4.69) is 15.3 Å². The van der Waals surface area contributed by atoms with Crippen molar-refractivity contribution in [1.29, 1.82) is 0 Å². The number of methoxy groups -OCH3 is 3. The lowest BCUT2D eigenvalue weighted by Gasteiger charge is -2.14. The molecule has 1 heterocycles. The maximum absolute atomic E-state index is 12.6. The van der Waals surface area contributed by atoms with Crippen molar-refractivity contribution < 1.29 is 23.8 Å². The standard InChI is InChI=1S/C19H17N3O5/c1-25-16-8-11(19(24)27-3)14(9-17(16)26-2)22-18(23)15-10-20-12-6-4-5-7-13(12)21-15/h4-10H,1-3H3,(H,22,23). The third kappa shape index (κ3) is 3.64. The fourth-order valence-corrected chi connectivity index (χ4v) is 2.51. The Balaban J connectivity index is 1.99. The zero-order valence-corrected chi connectivity index (χ0v) is 15.0. The van der Waals surface area contributed by atoms with Crippen LogP contribution in [0.1, 0.15) is 20.8 Å². The molecule has 2 aromatic carbocycles. The molecule has 0 aliphatic rings. The van der Waals surface area contributed by atoms with Gasteiger partial charge < -0.3 is 19.5 Å². The van der Waals surface area contributed by atoms with Crippen LogP contribution < -0.4 is 14.8 Å². The second-order valence-corrected chi connectivity index (χ2v) is 5.44. The summed E-state index contributed by atoms with van der Waals surface area (Å²) in [6.07, 6.45) is 1.37. The van der Waals surface area contributed by atoms with Crippen LogP contribution in [0.5, 0.6) is 11.5 Å². The molecule has 0 radical (unpaired) electrons. The van der Waals surface area contributed by atoms with E-state index in [1.54, 1.807) is 12.1 Å². The molecule has 0 fully saturated rings. The van der Waals surface area contributed by atoms with E-state index in [9.17, 15) is 9.59 Å². The van der Waals surface area contributed by atoms with Gasteiger partial charge in [-0.1, -0.05) is 12.1 Å². The molecule has 1 amide bonds. The van der Waals surface area contributed by atoms with Crippen LogP contribution in [0.3, 0.4) is 0 Å². The van der Waals surface area contributed by atoms with Crippen LogP contribution in [0.4, 0.5) is 5.69 Å². The van der Waals surface area contributed by atoms with E-state index in [-0.39, 0.29) is 16.9 Å². The maximum Gasteiger partial charge on any atom is 0.340 e. The molecular weight excluding hydrogens is 350 g/mol. The summed E-state index contributed by atoms with van der Waals surface area (Å²) in [6, 6.07) is 10.1. The highest BCUT2D eigenvalue weighted by atomic mass is 16.5. The number of hydrogen-bond acceptors (Lipinski definition) is 7. The molecule has 0 saturated heterocycles. The van der Waals surface area contributed by atoms with E-state index in [1.807, 2.05) is 12.1 Å². The van der Waals surface area contributed by atoms with Crippen molar-refractivity contribution in [3.63, 3.8) is 0 Å². The van der Waals surface area contributed by atoms with Crippen LogP contribution in [0.2, 0.25) is 0 Å². The molecule has 1 N–H and O–H groups in total. The summed E-state index contributed by atoms with van der Waals surface area (Å²) in [6.45, 7) is 0. The van der Waals surface area contributed by atoms with Gasteiger partial charge in [0.05, 0.1) is 49.8 Å². The minimum absolute atomic E-state index is 0.110. The Morgan fingerprint density at radius 1 is 0.963 bits per heavy atom. The molecule has 8 heteroatoms. The number of anilines is 1. The molecule has 27 heavy (non-hydrogen) atoms. The topological polar surface area (TPSA) is 99.6 Å². The lowest BCUT2D eigenvalue weighted by Crippen LogP contribution is -2.17. The van der Waals surface area contributed by atoms with Gasteiger partial charge in [0.15, 0.2) is 11.5 Å². The van der Waals surface area contributed by atoms with Crippen LogP contribution >= 0.6 is 0 Å². The van der Waals surface area contributed by atoms with Crippen LogP contribution in [-0.4, -0.2) is 43.2 Å². The molecule has 3 rings (SSSR count). The molecule has 0 spiro atoms. The first-order chi connectivity index (χ1) is 13.1. The highest BCUT2D eigenvalue weighted by Gasteiger charge is 2.20. The number of aromatic nitrogens is 2. The first-order valence-corrected chi connectivity index (χ1v) is 7.95. The summed E-state index contributed by atoms with van der Waals surface area (Å²) >= 11 is 0. The van der Waals surface area contributed by atoms with Gasteiger partial charge in [-0.25, -0.2) is 9.78 Å². The average Bonchev–Trinajstić information content (AvgIpc) is 2.72. The van der Waals surface area contributed by atoms with E-state index >= 15 is 0 Å². The minimum atomic E-state index is -0.629. The van der Waals surface area contributed by atoms with Crippen LogP contribution in [0.25, 0.3) is 11.0 Å². The van der Waals surface area contributed by atoms with Crippen molar-refractivity contribution in [2.24, 2.45) is 0 Å². The molecule has 0 aliphatic heterocycles. The van der Waals surface area contributed by atoms with Crippen LogP contribution in [0, 0.1) is 0 Å². The summed E-state index contributed by atoms with van der Waals surface area (Å²) < 4.78 is 15.2.